The molecular formula is C16H24N2O2. The Kier molecular flexibility index (Phi) is 4.33. The predicted molar refractivity (Wildman–Crippen MR) is 79.6 cm³/mol. The van der Waals surface area contributed by atoms with Crippen LogP contribution in [0, 0.1) is 0 Å². The molecule has 1 aromatic carbocycles. The van der Waals surface area contributed by atoms with Crippen molar-refractivity contribution in [2.45, 2.75) is 51.2 Å². The van der Waals surface area contributed by atoms with Crippen molar-refractivity contribution in [3.05, 3.63) is 35.4 Å². The summed E-state index contributed by atoms with van der Waals surface area (Å²) in [6.07, 6.45) is 2.03. The number of nitrogens with two attached hydrogens (primary N) is 1. The fourth-order valence-electron chi connectivity index (χ4n) is 2.31. The summed E-state index contributed by atoms with van der Waals surface area (Å²) in [7, 11) is 0. The maximum Gasteiger partial charge on any atom is 0.408 e. The Balaban J connectivity index is 2.10. The fourth-order valence-corrected chi connectivity index (χ4v) is 2.31. The van der Waals surface area contributed by atoms with Crippen molar-refractivity contribution >= 4 is 6.09 Å². The summed E-state index contributed by atoms with van der Waals surface area (Å²) in [5, 5.41) is 2.88. The van der Waals surface area contributed by atoms with Crippen molar-refractivity contribution in [1.82, 2.24) is 5.32 Å². The van der Waals surface area contributed by atoms with Gasteiger partial charge in [0.15, 0.2) is 0 Å². The average molecular weight is 276 g/mol. The first-order valence-electron chi connectivity index (χ1n) is 7.19. The highest BCUT2D eigenvalue weighted by Gasteiger charge is 2.28. The van der Waals surface area contributed by atoms with Gasteiger partial charge in [0.1, 0.15) is 5.60 Å². The summed E-state index contributed by atoms with van der Waals surface area (Å²) < 4.78 is 5.30. The number of amides is 1. The van der Waals surface area contributed by atoms with Crippen molar-refractivity contribution in [2.75, 3.05) is 6.54 Å². The van der Waals surface area contributed by atoms with Gasteiger partial charge in [-0.15, -0.1) is 0 Å². The van der Waals surface area contributed by atoms with E-state index in [-0.39, 0.29) is 6.04 Å². The first kappa shape index (κ1) is 14.9. The van der Waals surface area contributed by atoms with Crippen LogP contribution >= 0.6 is 0 Å². The predicted octanol–water partition coefficient (Wildman–Crippen LogP) is 3.09. The molecule has 1 saturated carbocycles. The summed E-state index contributed by atoms with van der Waals surface area (Å²) in [6, 6.07) is 8.01. The molecule has 1 aromatic rings. The van der Waals surface area contributed by atoms with E-state index in [2.05, 4.69) is 11.4 Å². The molecule has 4 nitrogen and oxygen atoms in total. The number of benzene rings is 1. The monoisotopic (exact) mass is 276 g/mol. The van der Waals surface area contributed by atoms with Gasteiger partial charge in [-0.3, -0.25) is 0 Å². The molecule has 0 spiro atoms. The lowest BCUT2D eigenvalue weighted by molar-refractivity contribution is 0.0505. The number of rotatable bonds is 4. The van der Waals surface area contributed by atoms with Crippen LogP contribution in [0.5, 0.6) is 0 Å². The van der Waals surface area contributed by atoms with Crippen molar-refractivity contribution in [1.29, 1.82) is 0 Å². The smallest absolute Gasteiger partial charge is 0.408 e. The molecule has 0 bridgehead atoms. The summed E-state index contributed by atoms with van der Waals surface area (Å²) in [5.74, 6) is 0.626. The zero-order chi connectivity index (χ0) is 14.8. The van der Waals surface area contributed by atoms with E-state index in [9.17, 15) is 4.79 Å². The quantitative estimate of drug-likeness (QED) is 0.888. The third-order valence-electron chi connectivity index (χ3n) is 3.32. The molecule has 0 radical (unpaired) electrons. The minimum atomic E-state index is -0.501. The summed E-state index contributed by atoms with van der Waals surface area (Å²) in [6.45, 7) is 5.91. The Morgan fingerprint density at radius 3 is 2.60 bits per heavy atom. The van der Waals surface area contributed by atoms with Crippen LogP contribution < -0.4 is 11.1 Å². The third-order valence-corrected chi connectivity index (χ3v) is 3.32. The first-order valence-corrected chi connectivity index (χ1v) is 7.19. The fraction of sp³-hybridized carbons (Fsp3) is 0.562. The Morgan fingerprint density at radius 2 is 2.05 bits per heavy atom. The second-order valence-corrected chi connectivity index (χ2v) is 6.34. The van der Waals surface area contributed by atoms with E-state index in [0.29, 0.717) is 12.5 Å². The molecule has 110 valence electrons. The highest BCUT2D eigenvalue weighted by molar-refractivity contribution is 5.68. The van der Waals surface area contributed by atoms with Gasteiger partial charge >= 0.3 is 6.09 Å². The molecular weight excluding hydrogens is 252 g/mol. The summed E-state index contributed by atoms with van der Waals surface area (Å²) in [5.41, 5.74) is 7.75. The van der Waals surface area contributed by atoms with Crippen LogP contribution in [0.4, 0.5) is 4.79 Å². The number of carbonyl (C=O) groups is 1. The second-order valence-electron chi connectivity index (χ2n) is 6.34. The van der Waals surface area contributed by atoms with Crippen LogP contribution in [0.2, 0.25) is 0 Å². The standard InChI is InChI=1S/C16H24N2O2/c1-16(2,3)20-15(19)18-14(10-17)13-7-5-4-6-12(13)11-8-9-11/h4-7,11,14H,8-10,17H2,1-3H3,(H,18,19). The van der Waals surface area contributed by atoms with E-state index in [4.69, 9.17) is 10.5 Å². The van der Waals surface area contributed by atoms with Gasteiger partial charge in [-0.1, -0.05) is 24.3 Å². The number of carbonyl (C=O) groups excluding carboxylic acids is 1. The molecule has 0 aromatic heterocycles. The Labute approximate surface area is 120 Å². The molecule has 0 saturated heterocycles. The van der Waals surface area contributed by atoms with Gasteiger partial charge in [0.05, 0.1) is 6.04 Å². The van der Waals surface area contributed by atoms with Crippen LogP contribution in [0.25, 0.3) is 0 Å². The zero-order valence-electron chi connectivity index (χ0n) is 12.5. The van der Waals surface area contributed by atoms with Crippen LogP contribution in [0.3, 0.4) is 0 Å². The lowest BCUT2D eigenvalue weighted by Gasteiger charge is -2.24. The number of nitrogens with one attached hydrogen (secondary N) is 1. The molecule has 20 heavy (non-hydrogen) atoms. The highest BCUT2D eigenvalue weighted by atomic mass is 16.6. The van der Waals surface area contributed by atoms with E-state index in [1.807, 2.05) is 39.0 Å². The van der Waals surface area contributed by atoms with Crippen molar-refractivity contribution in [3.8, 4) is 0 Å². The average Bonchev–Trinajstić information content (AvgIpc) is 3.18. The maximum absolute atomic E-state index is 11.9. The Hall–Kier alpha value is -1.55. The number of hydrogen-bond donors (Lipinski definition) is 2. The molecule has 1 amide bonds. The van der Waals surface area contributed by atoms with Crippen molar-refractivity contribution in [3.63, 3.8) is 0 Å². The zero-order valence-corrected chi connectivity index (χ0v) is 12.5. The molecule has 0 aliphatic heterocycles. The first-order chi connectivity index (χ1) is 9.40. The van der Waals surface area contributed by atoms with E-state index in [1.165, 1.54) is 18.4 Å². The van der Waals surface area contributed by atoms with Crippen LogP contribution in [-0.2, 0) is 4.74 Å². The van der Waals surface area contributed by atoms with Crippen molar-refractivity contribution < 1.29 is 9.53 Å². The lowest BCUT2D eigenvalue weighted by Crippen LogP contribution is -2.38. The molecule has 0 heterocycles. The molecule has 1 unspecified atom stereocenters. The van der Waals surface area contributed by atoms with Gasteiger partial charge in [0, 0.05) is 6.54 Å². The molecule has 1 aliphatic rings. The second kappa shape index (κ2) is 5.83. The summed E-state index contributed by atoms with van der Waals surface area (Å²) in [4.78, 5) is 11.9. The van der Waals surface area contributed by atoms with E-state index < -0.39 is 11.7 Å². The molecule has 1 atom stereocenters. The molecule has 2 rings (SSSR count). The van der Waals surface area contributed by atoms with E-state index in [0.717, 1.165) is 5.56 Å². The third kappa shape index (κ3) is 3.97. The van der Waals surface area contributed by atoms with Crippen LogP contribution in [0.15, 0.2) is 24.3 Å². The van der Waals surface area contributed by atoms with Gasteiger partial charge in [-0.25, -0.2) is 4.79 Å². The Bertz CT molecular complexity index is 476. The number of ether oxygens (including phenoxy) is 1. The normalized spacial score (nSPS) is 16.6. The van der Waals surface area contributed by atoms with E-state index >= 15 is 0 Å². The maximum atomic E-state index is 11.9. The molecule has 4 heteroatoms. The van der Waals surface area contributed by atoms with Gasteiger partial charge in [0.2, 0.25) is 0 Å². The topological polar surface area (TPSA) is 64.3 Å². The van der Waals surface area contributed by atoms with Crippen LogP contribution in [0.1, 0.15) is 56.7 Å². The largest absolute Gasteiger partial charge is 0.444 e. The molecule has 1 fully saturated rings. The lowest BCUT2D eigenvalue weighted by atomic mass is 9.97. The van der Waals surface area contributed by atoms with Gasteiger partial charge in [-0.05, 0) is 50.7 Å². The Morgan fingerprint density at radius 1 is 1.40 bits per heavy atom. The van der Waals surface area contributed by atoms with Crippen LogP contribution in [-0.4, -0.2) is 18.2 Å². The van der Waals surface area contributed by atoms with E-state index in [1.54, 1.807) is 0 Å². The molecule has 3 N–H and O–H groups in total. The van der Waals surface area contributed by atoms with Gasteiger partial charge in [0.25, 0.3) is 0 Å². The molecule has 1 aliphatic carbocycles. The highest BCUT2D eigenvalue weighted by Crippen LogP contribution is 2.42. The van der Waals surface area contributed by atoms with Gasteiger partial charge < -0.3 is 15.8 Å². The van der Waals surface area contributed by atoms with Crippen molar-refractivity contribution in [2.24, 2.45) is 5.73 Å². The summed E-state index contributed by atoms with van der Waals surface area (Å²) >= 11 is 0. The minimum absolute atomic E-state index is 0.193. The number of hydrogen-bond acceptors (Lipinski definition) is 3. The SMILES string of the molecule is CC(C)(C)OC(=O)NC(CN)c1ccccc1C1CC1. The number of alkyl carbamates (subject to hydrolysis) is 1. The minimum Gasteiger partial charge on any atom is -0.444 e. The van der Waals surface area contributed by atoms with Gasteiger partial charge in [-0.2, -0.15) is 0 Å².